The maximum Gasteiger partial charge on any atom is 0.339 e. The van der Waals surface area contributed by atoms with Gasteiger partial charge < -0.3 is 10.1 Å². The molecule has 2 aromatic rings. The van der Waals surface area contributed by atoms with E-state index < -0.39 is 0 Å². The molecule has 2 aromatic carbocycles. The van der Waals surface area contributed by atoms with Gasteiger partial charge in [0.25, 0.3) is 0 Å². The molecule has 0 spiro atoms. The van der Waals surface area contributed by atoms with Gasteiger partial charge in [0, 0.05) is 10.4 Å². The lowest BCUT2D eigenvalue weighted by molar-refractivity contribution is 0.0601. The average molecular weight is 384 g/mol. The average Bonchev–Trinajstić information content (AvgIpc) is 3.10. The van der Waals surface area contributed by atoms with E-state index in [-0.39, 0.29) is 12.0 Å². The molecule has 0 saturated carbocycles. The highest BCUT2D eigenvalue weighted by Crippen LogP contribution is 2.50. The Morgan fingerprint density at radius 2 is 2.00 bits per heavy atom. The van der Waals surface area contributed by atoms with E-state index in [1.165, 1.54) is 18.2 Å². The maximum atomic E-state index is 12.2. The number of nitrogens with one attached hydrogen (secondary N) is 1. The fourth-order valence-electron chi connectivity index (χ4n) is 3.90. The second kappa shape index (κ2) is 6.10. The molecule has 24 heavy (non-hydrogen) atoms. The van der Waals surface area contributed by atoms with E-state index in [1.807, 2.05) is 12.1 Å². The lowest BCUT2D eigenvalue weighted by Crippen LogP contribution is -2.30. The number of hydrogen-bond acceptors (Lipinski definition) is 3. The summed E-state index contributed by atoms with van der Waals surface area (Å²) >= 11 is 3.50. The van der Waals surface area contributed by atoms with Crippen LogP contribution in [-0.4, -0.2) is 13.1 Å². The first-order valence-electron chi connectivity index (χ1n) is 8.09. The smallest absolute Gasteiger partial charge is 0.339 e. The molecule has 0 amide bonds. The number of methoxy groups -OCH3 is 1. The maximum absolute atomic E-state index is 12.2. The molecule has 0 radical (unpaired) electrons. The lowest BCUT2D eigenvalue weighted by atomic mass is 9.76. The number of allylic oxidation sites excluding steroid dienone is 2. The van der Waals surface area contributed by atoms with E-state index in [9.17, 15) is 4.79 Å². The van der Waals surface area contributed by atoms with E-state index in [1.54, 1.807) is 0 Å². The predicted octanol–water partition coefficient (Wildman–Crippen LogP) is 5.06. The molecule has 122 valence electrons. The monoisotopic (exact) mass is 383 g/mol. The van der Waals surface area contributed by atoms with Gasteiger partial charge in [0.05, 0.1) is 24.4 Å². The van der Waals surface area contributed by atoms with Crippen LogP contribution in [0.15, 0.2) is 59.1 Å². The first kappa shape index (κ1) is 15.5. The Bertz CT molecular complexity index is 813. The van der Waals surface area contributed by atoms with Crippen molar-refractivity contribution in [3.8, 4) is 0 Å². The summed E-state index contributed by atoms with van der Waals surface area (Å²) in [7, 11) is 1.43. The van der Waals surface area contributed by atoms with Crippen molar-refractivity contribution in [1.29, 1.82) is 0 Å². The summed E-state index contributed by atoms with van der Waals surface area (Å²) in [5.74, 6) is 0.500. The zero-order valence-electron chi connectivity index (χ0n) is 13.3. The van der Waals surface area contributed by atoms with Crippen molar-refractivity contribution < 1.29 is 9.53 Å². The number of fused-ring (bicyclic) bond motifs is 3. The highest BCUT2D eigenvalue weighted by molar-refractivity contribution is 9.10. The van der Waals surface area contributed by atoms with Crippen molar-refractivity contribution in [3.05, 3.63) is 75.8 Å². The highest BCUT2D eigenvalue weighted by Gasteiger charge is 2.39. The number of hydrogen-bond donors (Lipinski definition) is 1. The number of rotatable bonds is 2. The first-order chi connectivity index (χ1) is 11.7. The van der Waals surface area contributed by atoms with E-state index in [0.717, 1.165) is 16.6 Å². The zero-order valence-corrected chi connectivity index (χ0v) is 14.9. The fraction of sp³-hybridized carbons (Fsp3) is 0.250. The highest BCUT2D eigenvalue weighted by atomic mass is 79.9. The SMILES string of the molecule is COC(=O)c1cccc2c1N[C@H](c1ccc(Br)cc1)[C@H]1CC=C[C@H]21. The van der Waals surface area contributed by atoms with Gasteiger partial charge in [-0.25, -0.2) is 4.79 Å². The fourth-order valence-corrected chi connectivity index (χ4v) is 4.17. The molecule has 3 atom stereocenters. The third-order valence-electron chi connectivity index (χ3n) is 5.03. The van der Waals surface area contributed by atoms with Gasteiger partial charge in [-0.3, -0.25) is 0 Å². The van der Waals surface area contributed by atoms with E-state index >= 15 is 0 Å². The van der Waals surface area contributed by atoms with E-state index in [0.29, 0.717) is 17.4 Å². The van der Waals surface area contributed by atoms with Crippen LogP contribution in [0.2, 0.25) is 0 Å². The van der Waals surface area contributed by atoms with Crippen molar-refractivity contribution in [2.45, 2.75) is 18.4 Å². The lowest BCUT2D eigenvalue weighted by Gasteiger charge is -2.38. The molecule has 0 aromatic heterocycles. The second-order valence-corrected chi connectivity index (χ2v) is 7.20. The Kier molecular flexibility index (Phi) is 3.93. The topological polar surface area (TPSA) is 38.3 Å². The summed E-state index contributed by atoms with van der Waals surface area (Å²) in [6.45, 7) is 0. The standard InChI is InChI=1S/C20H18BrNO2/c1-24-20(23)17-7-3-6-16-14-4-2-5-15(14)18(22-19(16)17)12-8-10-13(21)11-9-12/h2-4,6-11,14-15,18,22H,5H2,1H3/t14-,15-,18+/m0/s1. The van der Waals surface area contributed by atoms with Gasteiger partial charge in [-0.1, -0.05) is 52.3 Å². The molecule has 2 aliphatic rings. The molecule has 0 fully saturated rings. The number of para-hydroxylation sites is 1. The number of benzene rings is 2. The summed E-state index contributed by atoms with van der Waals surface area (Å²) in [6, 6.07) is 14.5. The molecule has 1 aliphatic heterocycles. The van der Waals surface area contributed by atoms with Gasteiger partial charge in [0.15, 0.2) is 0 Å². The second-order valence-electron chi connectivity index (χ2n) is 6.29. The number of esters is 1. The Morgan fingerprint density at radius 3 is 2.75 bits per heavy atom. The van der Waals surface area contributed by atoms with Crippen molar-refractivity contribution in [2.75, 3.05) is 12.4 Å². The van der Waals surface area contributed by atoms with Crippen LogP contribution < -0.4 is 5.32 Å². The molecule has 1 aliphatic carbocycles. The normalized spacial score (nSPS) is 24.0. The summed E-state index contributed by atoms with van der Waals surface area (Å²) in [4.78, 5) is 12.2. The molecular formula is C20H18BrNO2. The first-order valence-corrected chi connectivity index (χ1v) is 8.88. The number of carbonyl (C=O) groups excluding carboxylic acids is 1. The van der Waals surface area contributed by atoms with E-state index in [4.69, 9.17) is 4.74 Å². The molecular weight excluding hydrogens is 366 g/mol. The summed E-state index contributed by atoms with van der Waals surface area (Å²) < 4.78 is 6.04. The third-order valence-corrected chi connectivity index (χ3v) is 5.56. The molecule has 1 heterocycles. The quantitative estimate of drug-likeness (QED) is 0.581. The summed E-state index contributed by atoms with van der Waals surface area (Å²) in [6.07, 6.45) is 5.57. The van der Waals surface area contributed by atoms with Crippen LogP contribution in [0.3, 0.4) is 0 Å². The Morgan fingerprint density at radius 1 is 1.21 bits per heavy atom. The van der Waals surface area contributed by atoms with E-state index in [2.05, 4.69) is 63.7 Å². The predicted molar refractivity (Wildman–Crippen MR) is 98.3 cm³/mol. The van der Waals surface area contributed by atoms with Crippen LogP contribution in [0.25, 0.3) is 0 Å². The van der Waals surface area contributed by atoms with Gasteiger partial charge in [-0.2, -0.15) is 0 Å². The number of ether oxygens (including phenoxy) is 1. The number of anilines is 1. The molecule has 4 rings (SSSR count). The van der Waals surface area contributed by atoms with Gasteiger partial charge in [-0.05, 0) is 41.7 Å². The minimum atomic E-state index is -0.297. The molecule has 0 bridgehead atoms. The van der Waals surface area contributed by atoms with Crippen LogP contribution in [-0.2, 0) is 4.74 Å². The van der Waals surface area contributed by atoms with Gasteiger partial charge in [0.1, 0.15) is 0 Å². The Labute approximate surface area is 149 Å². The molecule has 0 unspecified atom stereocenters. The van der Waals surface area contributed by atoms with Crippen molar-refractivity contribution >= 4 is 27.6 Å². The minimum Gasteiger partial charge on any atom is -0.465 e. The van der Waals surface area contributed by atoms with Gasteiger partial charge >= 0.3 is 5.97 Å². The zero-order chi connectivity index (χ0) is 16.7. The molecule has 3 nitrogen and oxygen atoms in total. The van der Waals surface area contributed by atoms with Crippen LogP contribution in [0.4, 0.5) is 5.69 Å². The molecule has 0 saturated heterocycles. The number of carbonyl (C=O) groups is 1. The third kappa shape index (κ3) is 2.46. The Hall–Kier alpha value is -2.07. The minimum absolute atomic E-state index is 0.177. The van der Waals surface area contributed by atoms with Crippen LogP contribution in [0.5, 0.6) is 0 Å². The van der Waals surface area contributed by atoms with Gasteiger partial charge in [-0.15, -0.1) is 0 Å². The van der Waals surface area contributed by atoms with Crippen molar-refractivity contribution in [3.63, 3.8) is 0 Å². The van der Waals surface area contributed by atoms with Crippen molar-refractivity contribution in [2.24, 2.45) is 5.92 Å². The van der Waals surface area contributed by atoms with Crippen LogP contribution in [0.1, 0.15) is 39.9 Å². The molecule has 4 heteroatoms. The molecule has 1 N–H and O–H groups in total. The largest absolute Gasteiger partial charge is 0.465 e. The Balaban J connectivity index is 1.82. The van der Waals surface area contributed by atoms with Crippen LogP contribution >= 0.6 is 15.9 Å². The number of halogens is 1. The summed E-state index contributed by atoms with van der Waals surface area (Å²) in [5.41, 5.74) is 3.94. The summed E-state index contributed by atoms with van der Waals surface area (Å²) in [5, 5.41) is 3.63. The van der Waals surface area contributed by atoms with Crippen molar-refractivity contribution in [1.82, 2.24) is 0 Å². The van der Waals surface area contributed by atoms with Gasteiger partial charge in [0.2, 0.25) is 0 Å². The van der Waals surface area contributed by atoms with Crippen LogP contribution in [0, 0.1) is 5.92 Å².